The van der Waals surface area contributed by atoms with E-state index in [9.17, 15) is 9.59 Å². The Morgan fingerprint density at radius 2 is 2.21 bits per heavy atom. The summed E-state index contributed by atoms with van der Waals surface area (Å²) in [5, 5.41) is 14.8. The molecule has 1 aromatic rings. The third-order valence-corrected chi connectivity index (χ3v) is 3.86. The van der Waals surface area contributed by atoms with Gasteiger partial charge in [0.1, 0.15) is 0 Å². The molecule has 1 amide bonds. The number of aromatic nitrogens is 1. The van der Waals surface area contributed by atoms with Crippen molar-refractivity contribution in [1.29, 1.82) is 5.26 Å². The Morgan fingerprint density at radius 3 is 2.79 bits per heavy atom. The highest BCUT2D eigenvalue weighted by Crippen LogP contribution is 2.48. The minimum Gasteiger partial charge on any atom is -0.466 e. The van der Waals surface area contributed by atoms with E-state index in [0.29, 0.717) is 30.2 Å². The van der Waals surface area contributed by atoms with E-state index in [4.69, 9.17) is 5.26 Å². The summed E-state index contributed by atoms with van der Waals surface area (Å²) in [6.07, 6.45) is 5.33. The summed E-state index contributed by atoms with van der Waals surface area (Å²) in [6.45, 7) is 2.04. The first-order valence-corrected chi connectivity index (χ1v) is 7.63. The predicted octanol–water partition coefficient (Wildman–Crippen LogP) is 2.33. The van der Waals surface area contributed by atoms with Crippen LogP contribution < -0.4 is 10.6 Å². The highest BCUT2D eigenvalue weighted by atomic mass is 16.5. The fourth-order valence-corrected chi connectivity index (χ4v) is 2.25. The Labute approximate surface area is 140 Å². The molecule has 1 aliphatic rings. The number of carbonyl (C=O) groups is 2. The van der Waals surface area contributed by atoms with Gasteiger partial charge in [-0.2, -0.15) is 5.26 Å². The van der Waals surface area contributed by atoms with Crippen LogP contribution in [-0.4, -0.2) is 30.5 Å². The second-order valence-corrected chi connectivity index (χ2v) is 5.86. The lowest BCUT2D eigenvalue weighted by molar-refractivity contribution is -0.134. The maximum absolute atomic E-state index is 11.3. The number of nitrogens with zero attached hydrogens (tertiary/aromatic N) is 2. The molecule has 126 valence electrons. The molecule has 7 nitrogen and oxygen atoms in total. The summed E-state index contributed by atoms with van der Waals surface area (Å²) in [6, 6.07) is 5.62. The molecule has 0 bridgehead atoms. The van der Waals surface area contributed by atoms with Crippen molar-refractivity contribution in [3.63, 3.8) is 0 Å². The molecule has 1 aliphatic carbocycles. The summed E-state index contributed by atoms with van der Waals surface area (Å²) >= 11 is 0. The molecule has 7 heteroatoms. The Balaban J connectivity index is 2.17. The molecule has 1 aromatic heterocycles. The number of hydrogen-bond donors (Lipinski definition) is 2. The molecule has 2 rings (SSSR count). The first kappa shape index (κ1) is 17.5. The highest BCUT2D eigenvalue weighted by Gasteiger charge is 2.42. The largest absolute Gasteiger partial charge is 0.466 e. The molecule has 1 heterocycles. The van der Waals surface area contributed by atoms with Gasteiger partial charge in [-0.15, -0.1) is 0 Å². The summed E-state index contributed by atoms with van der Waals surface area (Å²) in [4.78, 5) is 26.9. The van der Waals surface area contributed by atoms with Crippen molar-refractivity contribution in [3.8, 4) is 6.07 Å². The minimum atomic E-state index is -0.469. The molecule has 0 aromatic carbocycles. The van der Waals surface area contributed by atoms with Gasteiger partial charge in [-0.05, 0) is 31.1 Å². The molecular weight excluding hydrogens is 308 g/mol. The first-order valence-electron chi connectivity index (χ1n) is 7.63. The van der Waals surface area contributed by atoms with Gasteiger partial charge in [0.15, 0.2) is 5.82 Å². The summed E-state index contributed by atoms with van der Waals surface area (Å²) < 4.78 is 4.55. The highest BCUT2D eigenvalue weighted by molar-refractivity contribution is 5.92. The summed E-state index contributed by atoms with van der Waals surface area (Å²) in [5.74, 6) is -0.152. The van der Waals surface area contributed by atoms with Crippen LogP contribution in [0.15, 0.2) is 18.2 Å². The molecule has 24 heavy (non-hydrogen) atoms. The third kappa shape index (κ3) is 4.81. The number of pyridine rings is 1. The number of hydrogen-bond acceptors (Lipinski definition) is 6. The van der Waals surface area contributed by atoms with Crippen molar-refractivity contribution in [3.05, 3.63) is 23.9 Å². The van der Waals surface area contributed by atoms with Gasteiger partial charge in [-0.1, -0.05) is 0 Å². The number of rotatable bonds is 7. The molecule has 0 saturated heterocycles. The zero-order valence-electron chi connectivity index (χ0n) is 13.8. The van der Waals surface area contributed by atoms with Crippen molar-refractivity contribution in [2.75, 3.05) is 24.3 Å². The molecule has 0 spiro atoms. The number of nitrogens with one attached hydrogen (secondary N) is 2. The van der Waals surface area contributed by atoms with E-state index in [-0.39, 0.29) is 11.3 Å². The fourth-order valence-electron chi connectivity index (χ4n) is 2.25. The van der Waals surface area contributed by atoms with Crippen LogP contribution in [-0.2, 0) is 14.3 Å². The van der Waals surface area contributed by atoms with Crippen molar-refractivity contribution in [1.82, 2.24) is 4.98 Å². The molecular formula is C17H20N4O3. The maximum Gasteiger partial charge on any atom is 0.330 e. The van der Waals surface area contributed by atoms with Gasteiger partial charge in [0.25, 0.3) is 0 Å². The van der Waals surface area contributed by atoms with Crippen LogP contribution in [0.3, 0.4) is 0 Å². The number of carbonyl (C=O) groups excluding carboxylic acids is 2. The molecule has 1 fully saturated rings. The van der Waals surface area contributed by atoms with Gasteiger partial charge >= 0.3 is 5.97 Å². The van der Waals surface area contributed by atoms with Gasteiger partial charge < -0.3 is 15.4 Å². The Morgan fingerprint density at radius 1 is 1.46 bits per heavy atom. The van der Waals surface area contributed by atoms with Crippen LogP contribution >= 0.6 is 0 Å². The average Bonchev–Trinajstić information content (AvgIpc) is 3.32. The number of esters is 1. The van der Waals surface area contributed by atoms with E-state index < -0.39 is 5.97 Å². The Hall–Kier alpha value is -2.88. The number of methoxy groups -OCH3 is 1. The van der Waals surface area contributed by atoms with Gasteiger partial charge in [0, 0.05) is 31.4 Å². The van der Waals surface area contributed by atoms with Gasteiger partial charge in [-0.3, -0.25) is 4.79 Å². The smallest absolute Gasteiger partial charge is 0.330 e. The van der Waals surface area contributed by atoms with E-state index in [1.165, 1.54) is 26.2 Å². The zero-order valence-corrected chi connectivity index (χ0v) is 13.8. The fraction of sp³-hybridized carbons (Fsp3) is 0.412. The van der Waals surface area contributed by atoms with Gasteiger partial charge in [-0.25, -0.2) is 9.78 Å². The van der Waals surface area contributed by atoms with Crippen molar-refractivity contribution < 1.29 is 14.3 Å². The second kappa shape index (κ2) is 7.59. The maximum atomic E-state index is 11.3. The molecule has 1 saturated carbocycles. The minimum absolute atomic E-state index is 0.00177. The van der Waals surface area contributed by atoms with E-state index in [2.05, 4.69) is 26.4 Å². The molecule has 0 radical (unpaired) electrons. The Bertz CT molecular complexity index is 702. The normalized spacial score (nSPS) is 14.7. The number of ether oxygens (including phenoxy) is 1. The summed E-state index contributed by atoms with van der Waals surface area (Å²) in [5.41, 5.74) is 1.12. The number of nitriles is 1. The lowest BCUT2D eigenvalue weighted by Gasteiger charge is -2.16. The van der Waals surface area contributed by atoms with Gasteiger partial charge in [0.2, 0.25) is 5.91 Å². The number of anilines is 2. The van der Waals surface area contributed by atoms with Crippen LogP contribution in [0.5, 0.6) is 0 Å². The molecule has 0 aliphatic heterocycles. The lowest BCUT2D eigenvalue weighted by Crippen LogP contribution is -2.18. The second-order valence-electron chi connectivity index (χ2n) is 5.86. The Kier molecular flexibility index (Phi) is 5.53. The third-order valence-electron chi connectivity index (χ3n) is 3.86. The van der Waals surface area contributed by atoms with E-state index in [0.717, 1.165) is 12.8 Å². The summed E-state index contributed by atoms with van der Waals surface area (Å²) in [7, 11) is 1.30. The monoisotopic (exact) mass is 328 g/mol. The average molecular weight is 328 g/mol. The van der Waals surface area contributed by atoms with Crippen molar-refractivity contribution in [2.24, 2.45) is 5.41 Å². The van der Waals surface area contributed by atoms with Crippen LogP contribution in [0.2, 0.25) is 0 Å². The lowest BCUT2D eigenvalue weighted by atomic mass is 10.0. The molecule has 0 unspecified atom stereocenters. The van der Waals surface area contributed by atoms with Crippen LogP contribution in [0.25, 0.3) is 6.08 Å². The number of amides is 1. The van der Waals surface area contributed by atoms with Crippen molar-refractivity contribution in [2.45, 2.75) is 26.2 Å². The van der Waals surface area contributed by atoms with Gasteiger partial charge in [0.05, 0.1) is 24.6 Å². The topological polar surface area (TPSA) is 104 Å². The van der Waals surface area contributed by atoms with Crippen LogP contribution in [0.4, 0.5) is 11.5 Å². The molecule has 2 N–H and O–H groups in total. The quantitative estimate of drug-likeness (QED) is 0.588. The van der Waals surface area contributed by atoms with Crippen LogP contribution in [0.1, 0.15) is 31.9 Å². The van der Waals surface area contributed by atoms with E-state index in [1.54, 1.807) is 12.1 Å². The predicted molar refractivity (Wildman–Crippen MR) is 90.0 cm³/mol. The first-order chi connectivity index (χ1) is 11.5. The van der Waals surface area contributed by atoms with Crippen molar-refractivity contribution >= 4 is 29.5 Å². The van der Waals surface area contributed by atoms with E-state index >= 15 is 0 Å². The van der Waals surface area contributed by atoms with E-state index in [1.807, 2.05) is 0 Å². The SMILES string of the molecule is COC(=O)/C=C/c1ccc(NC(C)=O)c(NCC2(CC#N)CC2)n1. The zero-order chi connectivity index (χ0) is 17.6. The standard InChI is InChI=1S/C17H20N4O3/c1-12(22)20-14-5-3-13(4-6-15(23)24-2)21-16(14)19-11-17(7-8-17)9-10-18/h3-6H,7-9,11H2,1-2H3,(H,19,21)(H,20,22)/b6-4+. The molecule has 0 atom stereocenters. The van der Waals surface area contributed by atoms with Crippen LogP contribution in [0, 0.1) is 16.7 Å².